The zero-order chi connectivity index (χ0) is 19.7. The molecule has 1 aliphatic rings. The van der Waals surface area contributed by atoms with Gasteiger partial charge >= 0.3 is 0 Å². The highest BCUT2D eigenvalue weighted by atomic mass is 79.9. The maximum absolute atomic E-state index is 12.4. The van der Waals surface area contributed by atoms with Crippen molar-refractivity contribution in [1.29, 1.82) is 0 Å². The van der Waals surface area contributed by atoms with Gasteiger partial charge in [0.25, 0.3) is 5.91 Å². The molecule has 0 spiro atoms. The molecule has 3 aromatic carbocycles. The summed E-state index contributed by atoms with van der Waals surface area (Å²) in [4.78, 5) is 12.4. The van der Waals surface area contributed by atoms with Gasteiger partial charge < -0.3 is 14.6 Å². The fourth-order valence-electron chi connectivity index (χ4n) is 2.79. The van der Waals surface area contributed by atoms with Crippen LogP contribution in [0.5, 0.6) is 17.2 Å². The quantitative estimate of drug-likeness (QED) is 0.409. The van der Waals surface area contributed by atoms with Crippen LogP contribution in [-0.2, 0) is 4.79 Å². The van der Waals surface area contributed by atoms with Crippen LogP contribution in [0.25, 0.3) is 10.8 Å². The molecule has 0 saturated carbocycles. The molecule has 0 fully saturated rings. The number of nitrogens with one attached hydrogen (secondary N) is 1. The van der Waals surface area contributed by atoms with Crippen molar-refractivity contribution in [1.82, 2.24) is 5.43 Å². The van der Waals surface area contributed by atoms with Crippen LogP contribution < -0.4 is 14.9 Å². The number of aromatic hydroxyl groups is 1. The van der Waals surface area contributed by atoms with Crippen molar-refractivity contribution >= 4 is 54.8 Å². The summed E-state index contributed by atoms with van der Waals surface area (Å²) in [5.41, 5.74) is 3.14. The van der Waals surface area contributed by atoms with Gasteiger partial charge in [-0.1, -0.05) is 24.3 Å². The Labute approximate surface area is 177 Å². The fraction of sp³-hybridized carbons (Fsp3) is 0.100. The van der Waals surface area contributed by atoms with E-state index in [9.17, 15) is 9.90 Å². The van der Waals surface area contributed by atoms with E-state index in [1.165, 1.54) is 6.21 Å². The third kappa shape index (κ3) is 3.83. The van der Waals surface area contributed by atoms with Crippen molar-refractivity contribution in [2.75, 3.05) is 6.61 Å². The zero-order valence-electron chi connectivity index (χ0n) is 14.4. The molecule has 0 saturated heterocycles. The minimum Gasteiger partial charge on any atom is -0.506 e. The molecule has 0 bridgehead atoms. The lowest BCUT2D eigenvalue weighted by atomic mass is 10.1. The number of phenols is 1. The number of fused-ring (bicyclic) bond motifs is 2. The van der Waals surface area contributed by atoms with E-state index in [0.29, 0.717) is 26.0 Å². The molecule has 0 unspecified atom stereocenters. The van der Waals surface area contributed by atoms with Crippen LogP contribution in [0, 0.1) is 0 Å². The smallest absolute Gasteiger partial charge is 0.284 e. The Hall–Kier alpha value is -2.58. The van der Waals surface area contributed by atoms with Gasteiger partial charge in [0.2, 0.25) is 6.10 Å². The maximum Gasteiger partial charge on any atom is 0.284 e. The second-order valence-corrected chi connectivity index (χ2v) is 7.84. The zero-order valence-corrected chi connectivity index (χ0v) is 17.5. The molecular formula is C20H14Br2N2O4. The molecular weight excluding hydrogens is 492 g/mol. The lowest BCUT2D eigenvalue weighted by Crippen LogP contribution is -2.42. The highest BCUT2D eigenvalue weighted by molar-refractivity contribution is 9.11. The van der Waals surface area contributed by atoms with E-state index in [2.05, 4.69) is 42.4 Å². The molecule has 6 nitrogen and oxygen atoms in total. The average Bonchev–Trinajstić information content (AvgIpc) is 2.69. The standard InChI is InChI=1S/C20H14Br2N2O4/c21-14-5-11(6-15(22)19(14)25)9-23-24-20(26)18-10-27-16-7-12-3-1-2-4-13(12)8-17(16)28-18/h1-9,18,25H,10H2,(H,24,26)/b23-9+/t18-/m1/s1. The Balaban J connectivity index is 1.44. The number of carbonyl (C=O) groups excluding carboxylic acids is 1. The van der Waals surface area contributed by atoms with Crippen molar-refractivity contribution in [2.24, 2.45) is 5.10 Å². The molecule has 0 aliphatic carbocycles. The number of hydrogen-bond donors (Lipinski definition) is 2. The van der Waals surface area contributed by atoms with Gasteiger partial charge in [-0.15, -0.1) is 0 Å². The first-order chi connectivity index (χ1) is 13.5. The van der Waals surface area contributed by atoms with Crippen molar-refractivity contribution in [3.05, 3.63) is 63.0 Å². The van der Waals surface area contributed by atoms with Crippen LogP contribution in [0.1, 0.15) is 5.56 Å². The number of hydrogen-bond acceptors (Lipinski definition) is 5. The van der Waals surface area contributed by atoms with Gasteiger partial charge in [-0.2, -0.15) is 5.10 Å². The lowest BCUT2D eigenvalue weighted by Gasteiger charge is -2.25. The number of rotatable bonds is 3. The number of carbonyl (C=O) groups is 1. The summed E-state index contributed by atoms with van der Waals surface area (Å²) >= 11 is 6.49. The normalized spacial score (nSPS) is 15.7. The van der Waals surface area contributed by atoms with E-state index in [-0.39, 0.29) is 12.4 Å². The van der Waals surface area contributed by atoms with E-state index in [1.54, 1.807) is 12.1 Å². The number of ether oxygens (including phenoxy) is 2. The molecule has 0 aromatic heterocycles. The fourth-order valence-corrected chi connectivity index (χ4v) is 4.01. The summed E-state index contributed by atoms with van der Waals surface area (Å²) in [5, 5.41) is 15.7. The van der Waals surface area contributed by atoms with Crippen molar-refractivity contribution < 1.29 is 19.4 Å². The number of nitrogens with zero attached hydrogens (tertiary/aromatic N) is 1. The Morgan fingerprint density at radius 1 is 1.11 bits per heavy atom. The second kappa shape index (κ2) is 7.81. The van der Waals surface area contributed by atoms with Crippen LogP contribution in [0.3, 0.4) is 0 Å². The van der Waals surface area contributed by atoms with Gasteiger partial charge in [-0.05, 0) is 72.5 Å². The number of benzene rings is 3. The molecule has 0 radical (unpaired) electrons. The third-order valence-electron chi connectivity index (χ3n) is 4.19. The van der Waals surface area contributed by atoms with Crippen molar-refractivity contribution in [3.8, 4) is 17.2 Å². The maximum atomic E-state index is 12.4. The minimum absolute atomic E-state index is 0.0973. The molecule has 142 valence electrons. The highest BCUT2D eigenvalue weighted by Crippen LogP contribution is 2.36. The van der Waals surface area contributed by atoms with E-state index in [1.807, 2.05) is 36.4 Å². The van der Waals surface area contributed by atoms with Crippen molar-refractivity contribution in [3.63, 3.8) is 0 Å². The number of phenolic OH excluding ortho intramolecular Hbond substituents is 1. The predicted octanol–water partition coefficient (Wildman–Crippen LogP) is 4.36. The predicted molar refractivity (Wildman–Crippen MR) is 113 cm³/mol. The topological polar surface area (TPSA) is 80.2 Å². The average molecular weight is 506 g/mol. The van der Waals surface area contributed by atoms with E-state index in [0.717, 1.165) is 10.8 Å². The van der Waals surface area contributed by atoms with E-state index >= 15 is 0 Å². The van der Waals surface area contributed by atoms with Crippen LogP contribution in [0.15, 0.2) is 62.6 Å². The molecule has 8 heteroatoms. The Bertz CT molecular complexity index is 1080. The number of halogens is 2. The lowest BCUT2D eigenvalue weighted by molar-refractivity contribution is -0.130. The van der Waals surface area contributed by atoms with Crippen LogP contribution in [-0.4, -0.2) is 29.9 Å². The first-order valence-electron chi connectivity index (χ1n) is 8.34. The third-order valence-corrected chi connectivity index (χ3v) is 5.40. The molecule has 2 N–H and O–H groups in total. The van der Waals surface area contributed by atoms with Crippen LogP contribution in [0.4, 0.5) is 0 Å². The SMILES string of the molecule is O=C(N/N=C/c1cc(Br)c(O)c(Br)c1)[C@H]1COc2cc3ccccc3cc2O1. The molecule has 1 aliphatic heterocycles. The van der Waals surface area contributed by atoms with Gasteiger partial charge in [0.1, 0.15) is 12.4 Å². The summed E-state index contributed by atoms with van der Waals surface area (Å²) < 4.78 is 12.5. The van der Waals surface area contributed by atoms with Gasteiger partial charge in [-0.25, -0.2) is 5.43 Å². The molecule has 1 atom stereocenters. The first-order valence-corrected chi connectivity index (χ1v) is 9.93. The second-order valence-electron chi connectivity index (χ2n) is 6.13. The summed E-state index contributed by atoms with van der Waals surface area (Å²) in [7, 11) is 0. The number of hydrazone groups is 1. The van der Waals surface area contributed by atoms with Crippen LogP contribution in [0.2, 0.25) is 0 Å². The summed E-state index contributed by atoms with van der Waals surface area (Å²) in [6.45, 7) is 0.100. The van der Waals surface area contributed by atoms with Gasteiger partial charge in [-0.3, -0.25) is 4.79 Å². The molecule has 1 heterocycles. The highest BCUT2D eigenvalue weighted by Gasteiger charge is 2.27. The van der Waals surface area contributed by atoms with Crippen LogP contribution >= 0.6 is 31.9 Å². The molecule has 3 aromatic rings. The van der Waals surface area contributed by atoms with Gasteiger partial charge in [0.15, 0.2) is 11.5 Å². The Kier molecular flexibility index (Phi) is 5.23. The van der Waals surface area contributed by atoms with Crippen molar-refractivity contribution in [2.45, 2.75) is 6.10 Å². The van der Waals surface area contributed by atoms with E-state index in [4.69, 9.17) is 9.47 Å². The molecule has 4 rings (SSSR count). The largest absolute Gasteiger partial charge is 0.506 e. The first kappa shape index (κ1) is 18.8. The summed E-state index contributed by atoms with van der Waals surface area (Å²) in [5.74, 6) is 0.831. The monoisotopic (exact) mass is 504 g/mol. The Morgan fingerprint density at radius 2 is 1.75 bits per heavy atom. The Morgan fingerprint density at radius 3 is 2.43 bits per heavy atom. The number of amides is 1. The summed E-state index contributed by atoms with van der Waals surface area (Å²) in [6, 6.07) is 15.0. The van der Waals surface area contributed by atoms with Gasteiger partial charge in [0, 0.05) is 0 Å². The molecule has 28 heavy (non-hydrogen) atoms. The minimum atomic E-state index is -0.802. The summed E-state index contributed by atoms with van der Waals surface area (Å²) in [6.07, 6.45) is 0.668. The van der Waals surface area contributed by atoms with E-state index < -0.39 is 12.0 Å². The molecule has 1 amide bonds. The van der Waals surface area contributed by atoms with Gasteiger partial charge in [0.05, 0.1) is 15.2 Å².